The zero-order chi connectivity index (χ0) is 29.9. The molecule has 0 bridgehead atoms. The number of aliphatic carboxylic acids is 2. The average molecular weight is 574 g/mol. The molecule has 1 amide bonds. The maximum absolute atomic E-state index is 12.8. The predicted octanol–water partition coefficient (Wildman–Crippen LogP) is 3.20. The van der Waals surface area contributed by atoms with Crippen LogP contribution in [0.5, 0.6) is 0 Å². The van der Waals surface area contributed by atoms with Crippen LogP contribution in [0.2, 0.25) is 0 Å². The van der Waals surface area contributed by atoms with Crippen LogP contribution >= 0.6 is 0 Å². The molecule has 1 aliphatic heterocycles. The lowest BCUT2D eigenvalue weighted by Gasteiger charge is -2.24. The number of carboxylic acids is 2. The smallest absolute Gasteiger partial charge is 0.475 e. The predicted molar refractivity (Wildman–Crippen MR) is 124 cm³/mol. The summed E-state index contributed by atoms with van der Waals surface area (Å²) in [5.74, 6) is -4.63. The number of anilines is 1. The van der Waals surface area contributed by atoms with Crippen LogP contribution in [-0.4, -0.2) is 78.6 Å². The number of carbonyl (C=O) groups excluding carboxylic acids is 1. The minimum atomic E-state index is -5.08. The highest BCUT2D eigenvalue weighted by Crippen LogP contribution is 2.25. The number of rotatable bonds is 3. The van der Waals surface area contributed by atoms with E-state index in [0.29, 0.717) is 25.2 Å². The van der Waals surface area contributed by atoms with Gasteiger partial charge in [0.25, 0.3) is 5.91 Å². The van der Waals surface area contributed by atoms with Gasteiger partial charge < -0.3 is 20.0 Å². The van der Waals surface area contributed by atoms with Crippen LogP contribution in [-0.2, 0) is 22.7 Å². The van der Waals surface area contributed by atoms with Gasteiger partial charge in [0.05, 0.1) is 18.0 Å². The van der Waals surface area contributed by atoms with Crippen molar-refractivity contribution in [2.45, 2.75) is 25.4 Å². The lowest BCUT2D eigenvalue weighted by atomic mass is 10.2. The van der Waals surface area contributed by atoms with Gasteiger partial charge in [0, 0.05) is 50.3 Å². The molecule has 1 aliphatic rings. The molecule has 0 saturated carbocycles. The van der Waals surface area contributed by atoms with Crippen molar-refractivity contribution in [3.05, 3.63) is 78.0 Å². The zero-order valence-corrected chi connectivity index (χ0v) is 20.2. The van der Waals surface area contributed by atoms with Gasteiger partial charge in [-0.15, -0.1) is 0 Å². The number of halogens is 6. The molecular formula is C23H20F6N6O5. The van der Waals surface area contributed by atoms with E-state index in [-0.39, 0.29) is 5.91 Å². The molecule has 0 atom stereocenters. The standard InChI is InChI=1S/C19H18N6O.2C2HF3O2/c26-19(16-5-9-22-23-12-16)25-11-10-24(13-15-3-7-20-8-4-15)18-17(14-25)2-1-6-21-18;2*3-2(4,5)1(6)7/h1-9,12H,10-11,13-14H2;2*(H,6,7). The van der Waals surface area contributed by atoms with Gasteiger partial charge >= 0.3 is 24.3 Å². The Hall–Kier alpha value is -4.83. The van der Waals surface area contributed by atoms with E-state index in [2.05, 4.69) is 25.1 Å². The molecule has 0 aromatic carbocycles. The summed E-state index contributed by atoms with van der Waals surface area (Å²) >= 11 is 0. The van der Waals surface area contributed by atoms with Crippen molar-refractivity contribution in [3.63, 3.8) is 0 Å². The van der Waals surface area contributed by atoms with E-state index >= 15 is 0 Å². The number of carboxylic acid groups (broad SMARTS) is 2. The summed E-state index contributed by atoms with van der Waals surface area (Å²) in [5.41, 5.74) is 2.75. The van der Waals surface area contributed by atoms with Gasteiger partial charge in [-0.25, -0.2) is 14.6 Å². The van der Waals surface area contributed by atoms with Gasteiger partial charge in [-0.1, -0.05) is 6.07 Å². The second kappa shape index (κ2) is 13.8. The van der Waals surface area contributed by atoms with Gasteiger partial charge in [0.1, 0.15) is 5.82 Å². The summed E-state index contributed by atoms with van der Waals surface area (Å²) in [5, 5.41) is 21.8. The summed E-state index contributed by atoms with van der Waals surface area (Å²) < 4.78 is 63.5. The Labute approximate surface area is 221 Å². The highest BCUT2D eigenvalue weighted by Gasteiger charge is 2.38. The molecule has 0 spiro atoms. The van der Waals surface area contributed by atoms with E-state index in [1.54, 1.807) is 24.7 Å². The molecule has 40 heavy (non-hydrogen) atoms. The number of carbonyl (C=O) groups is 3. The van der Waals surface area contributed by atoms with Crippen molar-refractivity contribution >= 4 is 23.7 Å². The summed E-state index contributed by atoms with van der Waals surface area (Å²) in [6.07, 6.45) is -1.75. The van der Waals surface area contributed by atoms with E-state index in [1.165, 1.54) is 12.4 Å². The molecule has 4 rings (SSSR count). The van der Waals surface area contributed by atoms with E-state index < -0.39 is 24.3 Å². The topological polar surface area (TPSA) is 150 Å². The zero-order valence-electron chi connectivity index (χ0n) is 20.2. The average Bonchev–Trinajstić information content (AvgIpc) is 3.09. The first-order valence-electron chi connectivity index (χ1n) is 10.9. The maximum atomic E-state index is 12.8. The Bertz CT molecular complexity index is 1250. The fourth-order valence-corrected chi connectivity index (χ4v) is 3.11. The second-order valence-electron chi connectivity index (χ2n) is 7.73. The molecule has 3 aromatic heterocycles. The Morgan fingerprint density at radius 2 is 1.43 bits per heavy atom. The van der Waals surface area contributed by atoms with E-state index in [0.717, 1.165) is 23.5 Å². The number of pyridine rings is 2. The SMILES string of the molecule is O=C(O)C(F)(F)F.O=C(O)C(F)(F)F.O=C(c1ccnnc1)N1CCN(Cc2ccncc2)c2ncccc2C1. The van der Waals surface area contributed by atoms with Crippen LogP contribution in [0.15, 0.2) is 61.3 Å². The van der Waals surface area contributed by atoms with Crippen LogP contribution in [0.3, 0.4) is 0 Å². The highest BCUT2D eigenvalue weighted by molar-refractivity contribution is 5.94. The molecule has 0 aliphatic carbocycles. The van der Waals surface area contributed by atoms with Crippen LogP contribution in [0.25, 0.3) is 0 Å². The van der Waals surface area contributed by atoms with E-state index in [4.69, 9.17) is 19.8 Å². The van der Waals surface area contributed by atoms with Gasteiger partial charge in [0.15, 0.2) is 0 Å². The fourth-order valence-electron chi connectivity index (χ4n) is 3.11. The second-order valence-corrected chi connectivity index (χ2v) is 7.73. The summed E-state index contributed by atoms with van der Waals surface area (Å²) in [6, 6.07) is 9.63. The summed E-state index contributed by atoms with van der Waals surface area (Å²) in [6.45, 7) is 2.57. The lowest BCUT2D eigenvalue weighted by molar-refractivity contribution is -0.193. The van der Waals surface area contributed by atoms with Crippen molar-refractivity contribution < 1.29 is 50.9 Å². The Morgan fingerprint density at radius 3 is 1.95 bits per heavy atom. The fraction of sp³-hybridized carbons (Fsp3) is 0.261. The minimum Gasteiger partial charge on any atom is -0.475 e. The van der Waals surface area contributed by atoms with Gasteiger partial charge in [-0.2, -0.15) is 36.5 Å². The van der Waals surface area contributed by atoms with Crippen molar-refractivity contribution in [3.8, 4) is 0 Å². The third-order valence-electron chi connectivity index (χ3n) is 4.89. The van der Waals surface area contributed by atoms with Crippen LogP contribution in [0.1, 0.15) is 21.5 Å². The molecule has 0 fully saturated rings. The Balaban J connectivity index is 0.000000333. The van der Waals surface area contributed by atoms with Crippen LogP contribution in [0, 0.1) is 0 Å². The monoisotopic (exact) mass is 574 g/mol. The highest BCUT2D eigenvalue weighted by atomic mass is 19.4. The molecule has 3 aromatic rings. The number of nitrogens with zero attached hydrogens (tertiary/aromatic N) is 6. The number of amides is 1. The third-order valence-corrected chi connectivity index (χ3v) is 4.89. The quantitative estimate of drug-likeness (QED) is 0.447. The number of aromatic nitrogens is 4. The van der Waals surface area contributed by atoms with Gasteiger partial charge in [-0.3, -0.25) is 9.78 Å². The van der Waals surface area contributed by atoms with Crippen molar-refractivity contribution in [1.29, 1.82) is 0 Å². The molecule has 0 radical (unpaired) electrons. The molecule has 11 nitrogen and oxygen atoms in total. The Kier molecular flexibility index (Phi) is 10.8. The molecular weight excluding hydrogens is 554 g/mol. The molecule has 214 valence electrons. The maximum Gasteiger partial charge on any atom is 0.490 e. The van der Waals surface area contributed by atoms with Crippen LogP contribution in [0.4, 0.5) is 32.2 Å². The van der Waals surface area contributed by atoms with Crippen LogP contribution < -0.4 is 4.90 Å². The van der Waals surface area contributed by atoms with Crippen molar-refractivity contribution in [2.75, 3.05) is 18.0 Å². The summed E-state index contributed by atoms with van der Waals surface area (Å²) in [4.78, 5) is 43.3. The normalized spacial score (nSPS) is 12.9. The van der Waals surface area contributed by atoms with Crippen molar-refractivity contribution in [2.24, 2.45) is 0 Å². The number of alkyl halides is 6. The van der Waals surface area contributed by atoms with Gasteiger partial charge in [-0.05, 0) is 29.8 Å². The van der Waals surface area contributed by atoms with Crippen molar-refractivity contribution in [1.82, 2.24) is 25.1 Å². The largest absolute Gasteiger partial charge is 0.490 e. The number of hydrogen-bond acceptors (Lipinski definition) is 8. The molecule has 0 unspecified atom stereocenters. The molecule has 2 N–H and O–H groups in total. The Morgan fingerprint density at radius 1 is 0.825 bits per heavy atom. The molecule has 17 heteroatoms. The first-order chi connectivity index (χ1) is 18.7. The summed E-state index contributed by atoms with van der Waals surface area (Å²) in [7, 11) is 0. The van der Waals surface area contributed by atoms with Gasteiger partial charge in [0.2, 0.25) is 0 Å². The first kappa shape index (κ1) is 31.4. The minimum absolute atomic E-state index is 0.0412. The first-order valence-corrected chi connectivity index (χ1v) is 10.9. The third kappa shape index (κ3) is 9.80. The molecule has 4 heterocycles. The lowest BCUT2D eigenvalue weighted by Crippen LogP contribution is -2.35. The number of fused-ring (bicyclic) bond motifs is 1. The number of hydrogen-bond donors (Lipinski definition) is 2. The molecule has 0 saturated heterocycles. The van der Waals surface area contributed by atoms with E-state index in [1.807, 2.05) is 29.2 Å². The van der Waals surface area contributed by atoms with E-state index in [9.17, 15) is 31.1 Å².